The molecule has 0 fully saturated rings. The van der Waals surface area contributed by atoms with Crippen LogP contribution in [0.2, 0.25) is 0 Å². The quantitative estimate of drug-likeness (QED) is 0.607. The first kappa shape index (κ1) is 10.1. The van der Waals surface area contributed by atoms with E-state index in [0.717, 1.165) is 0 Å². The predicted octanol–water partition coefficient (Wildman–Crippen LogP) is 3.04. The van der Waals surface area contributed by atoms with Crippen molar-refractivity contribution in [2.24, 2.45) is 0 Å². The molecule has 0 N–H and O–H groups in total. The molecule has 7 heteroatoms. The van der Waals surface area contributed by atoms with Gasteiger partial charge >= 0.3 is 12.1 Å². The fourth-order valence-corrected chi connectivity index (χ4v) is 0.332. The highest BCUT2D eigenvalue weighted by atomic mass is 79.9. The van der Waals surface area contributed by atoms with E-state index in [0.29, 0.717) is 0 Å². The molecule has 0 heterocycles. The number of hydrogen-bond donors (Lipinski definition) is 0. The lowest BCUT2D eigenvalue weighted by Crippen LogP contribution is -2.38. The Hall–Kier alpha value is 0.0600. The Labute approximate surface area is 60.3 Å². The maximum absolute atomic E-state index is 11.5. The first-order valence-corrected chi connectivity index (χ1v) is 2.62. The van der Waals surface area contributed by atoms with Crippen LogP contribution in [0.15, 0.2) is 0 Å². The number of rotatable bonds is 1. The van der Waals surface area contributed by atoms with Crippen molar-refractivity contribution in [1.82, 2.24) is 0 Å². The van der Waals surface area contributed by atoms with Crippen molar-refractivity contribution in [3.63, 3.8) is 0 Å². The summed E-state index contributed by atoms with van der Waals surface area (Å²) >= 11 is 1.41. The predicted molar refractivity (Wildman–Crippen MR) is 24.3 cm³/mol. The molecule has 0 atom stereocenters. The second-order valence-electron chi connectivity index (χ2n) is 1.33. The van der Waals surface area contributed by atoms with E-state index in [1.54, 1.807) is 0 Å². The zero-order valence-electron chi connectivity index (χ0n) is 4.15. The van der Waals surface area contributed by atoms with Gasteiger partial charge in [0.05, 0.1) is 0 Å². The molecular formula is C3BrF6. The van der Waals surface area contributed by atoms with Crippen LogP contribution in [-0.4, -0.2) is 12.1 Å². The molecule has 0 aromatic carbocycles. The Bertz CT molecular complexity index is 115. The molecule has 0 bridgehead atoms. The standard InChI is InChI=1S/C3BrF6/c4-1(5)2(6,7)3(8,9)10. The Morgan fingerprint density at radius 2 is 1.30 bits per heavy atom. The van der Waals surface area contributed by atoms with Gasteiger partial charge < -0.3 is 0 Å². The van der Waals surface area contributed by atoms with E-state index in [4.69, 9.17) is 0 Å². The molecule has 0 aliphatic heterocycles. The average Bonchev–Trinajstić information content (AvgIpc) is 1.62. The van der Waals surface area contributed by atoms with Crippen LogP contribution in [0.1, 0.15) is 0 Å². The summed E-state index contributed by atoms with van der Waals surface area (Å²) in [5.74, 6) is -5.40. The maximum atomic E-state index is 11.5. The van der Waals surface area contributed by atoms with Crippen molar-refractivity contribution < 1.29 is 26.3 Å². The second kappa shape index (κ2) is 2.60. The largest absolute Gasteiger partial charge is 0.457 e. The van der Waals surface area contributed by atoms with Crippen LogP contribution in [0.4, 0.5) is 26.3 Å². The Morgan fingerprint density at radius 1 is 1.00 bits per heavy atom. The van der Waals surface area contributed by atoms with Gasteiger partial charge in [-0.25, -0.2) is 4.39 Å². The Kier molecular flexibility index (Phi) is 2.61. The van der Waals surface area contributed by atoms with E-state index < -0.39 is 17.2 Å². The summed E-state index contributed by atoms with van der Waals surface area (Å²) in [6, 6.07) is 0. The van der Waals surface area contributed by atoms with E-state index in [9.17, 15) is 26.3 Å². The molecular weight excluding hydrogens is 230 g/mol. The Balaban J connectivity index is 4.40. The van der Waals surface area contributed by atoms with E-state index in [1.165, 1.54) is 15.9 Å². The molecule has 10 heavy (non-hydrogen) atoms. The Morgan fingerprint density at radius 3 is 1.30 bits per heavy atom. The average molecular weight is 230 g/mol. The van der Waals surface area contributed by atoms with E-state index in [1.807, 2.05) is 0 Å². The number of halogens is 7. The monoisotopic (exact) mass is 229 g/mol. The molecule has 0 aliphatic carbocycles. The third-order valence-electron chi connectivity index (χ3n) is 0.593. The van der Waals surface area contributed by atoms with Gasteiger partial charge in [-0.15, -0.1) is 0 Å². The third-order valence-corrected chi connectivity index (χ3v) is 1.09. The van der Waals surface area contributed by atoms with Crippen molar-refractivity contribution in [3.8, 4) is 0 Å². The molecule has 0 aromatic rings. The molecule has 0 saturated carbocycles. The lowest BCUT2D eigenvalue weighted by molar-refractivity contribution is -0.275. The zero-order chi connectivity index (χ0) is 8.58. The second-order valence-corrected chi connectivity index (χ2v) is 2.03. The molecule has 0 amide bonds. The van der Waals surface area contributed by atoms with Crippen molar-refractivity contribution in [2.45, 2.75) is 12.1 Å². The highest BCUT2D eigenvalue weighted by Gasteiger charge is 2.63. The van der Waals surface area contributed by atoms with Gasteiger partial charge in [-0.3, -0.25) is 0 Å². The van der Waals surface area contributed by atoms with Crippen LogP contribution >= 0.6 is 15.9 Å². The minimum absolute atomic E-state index is 1.41. The molecule has 1 radical (unpaired) electrons. The van der Waals surface area contributed by atoms with Crippen LogP contribution in [0.25, 0.3) is 0 Å². The summed E-state index contributed by atoms with van der Waals surface area (Å²) in [5, 5.41) is -2.63. The van der Waals surface area contributed by atoms with Gasteiger partial charge in [-0.1, -0.05) is 0 Å². The summed E-state index contributed by atoms with van der Waals surface area (Å²) in [4.78, 5) is 0. The fraction of sp³-hybridized carbons (Fsp3) is 0.667. The number of alkyl halides is 5. The molecule has 0 aliphatic rings. The summed E-state index contributed by atoms with van der Waals surface area (Å²) in [6.45, 7) is 0. The molecule has 0 aromatic heterocycles. The smallest absolute Gasteiger partial charge is 0.219 e. The van der Waals surface area contributed by atoms with Crippen molar-refractivity contribution in [3.05, 3.63) is 5.08 Å². The van der Waals surface area contributed by atoms with E-state index in [2.05, 4.69) is 0 Å². The molecule has 0 spiro atoms. The highest BCUT2D eigenvalue weighted by Crippen LogP contribution is 2.45. The topological polar surface area (TPSA) is 0 Å². The molecule has 0 nitrogen and oxygen atoms in total. The van der Waals surface area contributed by atoms with Crippen molar-refractivity contribution in [2.75, 3.05) is 0 Å². The van der Waals surface area contributed by atoms with Gasteiger partial charge in [0.1, 0.15) is 0 Å². The van der Waals surface area contributed by atoms with Crippen LogP contribution in [0.3, 0.4) is 0 Å². The van der Waals surface area contributed by atoms with Gasteiger partial charge in [0.2, 0.25) is 0 Å². The first-order chi connectivity index (χ1) is 4.19. The third kappa shape index (κ3) is 1.77. The number of hydrogen-bond acceptors (Lipinski definition) is 0. The summed E-state index contributed by atoms with van der Waals surface area (Å²) in [5.41, 5.74) is 0. The minimum atomic E-state index is -5.87. The van der Waals surface area contributed by atoms with Gasteiger partial charge in [0.25, 0.3) is 5.08 Å². The van der Waals surface area contributed by atoms with Gasteiger partial charge in [0, 0.05) is 0 Å². The SMILES string of the molecule is F[C](Br)C(F)(F)C(F)(F)F. The van der Waals surface area contributed by atoms with Crippen LogP contribution < -0.4 is 0 Å². The van der Waals surface area contributed by atoms with E-state index in [-0.39, 0.29) is 0 Å². The van der Waals surface area contributed by atoms with Crippen LogP contribution in [0, 0.1) is 5.08 Å². The van der Waals surface area contributed by atoms with Crippen LogP contribution in [-0.2, 0) is 0 Å². The summed E-state index contributed by atoms with van der Waals surface area (Å²) < 4.78 is 67.4. The molecule has 0 rings (SSSR count). The van der Waals surface area contributed by atoms with Gasteiger partial charge in [-0.05, 0) is 15.9 Å². The van der Waals surface area contributed by atoms with E-state index >= 15 is 0 Å². The summed E-state index contributed by atoms with van der Waals surface area (Å²) in [6.07, 6.45) is -5.87. The normalized spacial score (nSPS) is 14.4. The van der Waals surface area contributed by atoms with Gasteiger partial charge in [0.15, 0.2) is 0 Å². The maximum Gasteiger partial charge on any atom is 0.457 e. The van der Waals surface area contributed by atoms with Gasteiger partial charge in [-0.2, -0.15) is 22.0 Å². The molecule has 61 valence electrons. The highest BCUT2D eigenvalue weighted by molar-refractivity contribution is 9.11. The lowest BCUT2D eigenvalue weighted by Gasteiger charge is -2.17. The first-order valence-electron chi connectivity index (χ1n) is 1.82. The fourth-order valence-electron chi connectivity index (χ4n) is 0.107. The lowest BCUT2D eigenvalue weighted by atomic mass is 10.4. The van der Waals surface area contributed by atoms with Crippen molar-refractivity contribution in [1.29, 1.82) is 0 Å². The van der Waals surface area contributed by atoms with Crippen molar-refractivity contribution >= 4 is 15.9 Å². The van der Waals surface area contributed by atoms with Crippen LogP contribution in [0.5, 0.6) is 0 Å². The summed E-state index contributed by atoms with van der Waals surface area (Å²) in [7, 11) is 0. The molecule has 0 saturated heterocycles. The minimum Gasteiger partial charge on any atom is -0.219 e. The zero-order valence-corrected chi connectivity index (χ0v) is 5.73. The molecule has 0 unspecified atom stereocenters.